The second-order valence-electron chi connectivity index (χ2n) is 10.5. The van der Waals surface area contributed by atoms with Gasteiger partial charge in [0.15, 0.2) is 11.7 Å². The van der Waals surface area contributed by atoms with Gasteiger partial charge in [0, 0.05) is 16.6 Å². The smallest absolute Gasteiger partial charge is 0.313 e. The first-order chi connectivity index (χ1) is 20.2. The van der Waals surface area contributed by atoms with Gasteiger partial charge in [0.2, 0.25) is 0 Å². The second-order valence-corrected chi connectivity index (χ2v) is 10.5. The summed E-state index contributed by atoms with van der Waals surface area (Å²) in [7, 11) is 0. The van der Waals surface area contributed by atoms with E-state index in [-0.39, 0.29) is 17.6 Å². The molecule has 2 heterocycles. The molecule has 4 aromatic carbocycles. The molecule has 0 aliphatic carbocycles. The molecule has 42 heavy (non-hydrogen) atoms. The maximum Gasteiger partial charge on any atom is 0.313 e. The number of hydrogen-bond donors (Lipinski definition) is 5. The van der Waals surface area contributed by atoms with Gasteiger partial charge in [0.25, 0.3) is 5.91 Å². The van der Waals surface area contributed by atoms with Crippen molar-refractivity contribution in [3.63, 3.8) is 0 Å². The lowest BCUT2D eigenvalue weighted by Gasteiger charge is -2.19. The molecule has 2 aromatic heterocycles. The minimum Gasteiger partial charge on any atom is -0.494 e. The fourth-order valence-corrected chi connectivity index (χ4v) is 4.82. The quantitative estimate of drug-likeness (QED) is 0.142. The number of imidazole rings is 1. The first kappa shape index (κ1) is 26.5. The molecule has 0 aliphatic heterocycles. The van der Waals surface area contributed by atoms with E-state index in [0.29, 0.717) is 44.6 Å². The molecule has 9 nitrogen and oxygen atoms in total. The van der Waals surface area contributed by atoms with Crippen LogP contribution in [0.5, 0.6) is 5.88 Å². The van der Waals surface area contributed by atoms with Crippen LogP contribution in [0.1, 0.15) is 41.2 Å². The fourth-order valence-electron chi connectivity index (χ4n) is 4.82. The number of nitrogens with one attached hydrogen (secondary N) is 3. The molecule has 0 radical (unpaired) electrons. The highest BCUT2D eigenvalue weighted by molar-refractivity contribution is 6.22. The number of carbonyl (C=O) groups is 2. The highest BCUT2D eigenvalue weighted by Crippen LogP contribution is 2.34. The molecule has 1 amide bonds. The topological polar surface area (TPSA) is 143 Å². The summed E-state index contributed by atoms with van der Waals surface area (Å²) in [4.78, 5) is 39.9. The van der Waals surface area contributed by atoms with Crippen LogP contribution in [0.15, 0.2) is 102 Å². The van der Waals surface area contributed by atoms with E-state index in [1.165, 1.54) is 0 Å². The number of aliphatic imine (C=N–C) groups is 1. The highest BCUT2D eigenvalue weighted by Gasteiger charge is 2.29. The third kappa shape index (κ3) is 4.88. The Balaban J connectivity index is 1.37. The number of aromatic nitrogens is 3. The van der Waals surface area contributed by atoms with Crippen LogP contribution in [0.2, 0.25) is 0 Å². The number of carboxylic acids is 1. The van der Waals surface area contributed by atoms with E-state index in [2.05, 4.69) is 20.3 Å². The second kappa shape index (κ2) is 10.4. The monoisotopic (exact) mass is 557 g/mol. The Labute approximate surface area is 240 Å². The molecule has 0 atom stereocenters. The van der Waals surface area contributed by atoms with Gasteiger partial charge in [-0.25, -0.2) is 9.98 Å². The summed E-state index contributed by atoms with van der Waals surface area (Å²) >= 11 is 0. The number of amides is 1. The Morgan fingerprint density at radius 1 is 0.857 bits per heavy atom. The Hall–Kier alpha value is -5.70. The summed E-state index contributed by atoms with van der Waals surface area (Å²) in [5.41, 5.74) is 4.62. The van der Waals surface area contributed by atoms with E-state index in [0.717, 1.165) is 11.1 Å². The van der Waals surface area contributed by atoms with Gasteiger partial charge in [-0.15, -0.1) is 0 Å². The number of rotatable bonds is 7. The fraction of sp³-hybridized carbons (Fsp3) is 0.0909. The van der Waals surface area contributed by atoms with Crippen molar-refractivity contribution >= 4 is 50.9 Å². The number of hydrogen-bond acceptors (Lipinski definition) is 5. The van der Waals surface area contributed by atoms with E-state index in [1.807, 2.05) is 60.7 Å². The molecule has 208 valence electrons. The minimum atomic E-state index is -1.04. The van der Waals surface area contributed by atoms with Crippen molar-refractivity contribution in [3.8, 4) is 5.88 Å². The molecular formula is C33H27N5O4. The number of aromatic hydroxyl groups is 1. The van der Waals surface area contributed by atoms with E-state index >= 15 is 0 Å². The van der Waals surface area contributed by atoms with Crippen LogP contribution < -0.4 is 5.32 Å². The Morgan fingerprint density at radius 2 is 1.57 bits per heavy atom. The zero-order valence-electron chi connectivity index (χ0n) is 22.8. The van der Waals surface area contributed by atoms with Crippen LogP contribution in [0.25, 0.3) is 21.9 Å². The molecule has 0 fully saturated rings. The van der Waals surface area contributed by atoms with Gasteiger partial charge in [0.05, 0.1) is 38.9 Å². The molecule has 0 aliphatic rings. The number of nitrogens with zero attached hydrogens (tertiary/aromatic N) is 2. The van der Waals surface area contributed by atoms with Crippen molar-refractivity contribution in [1.29, 1.82) is 0 Å². The maximum absolute atomic E-state index is 12.9. The van der Waals surface area contributed by atoms with Crippen LogP contribution in [0.3, 0.4) is 0 Å². The highest BCUT2D eigenvalue weighted by atomic mass is 16.4. The van der Waals surface area contributed by atoms with Crippen LogP contribution >= 0.6 is 0 Å². The summed E-state index contributed by atoms with van der Waals surface area (Å²) in [6.07, 6.45) is 0. The Morgan fingerprint density at radius 3 is 2.29 bits per heavy atom. The summed E-state index contributed by atoms with van der Waals surface area (Å²) in [5, 5.41) is 24.2. The van der Waals surface area contributed by atoms with Crippen LogP contribution in [-0.2, 0) is 10.2 Å². The molecule has 0 spiro atoms. The van der Waals surface area contributed by atoms with Gasteiger partial charge in [-0.1, -0.05) is 54.6 Å². The molecule has 0 unspecified atom stereocenters. The van der Waals surface area contributed by atoms with Crippen LogP contribution in [-0.4, -0.2) is 42.8 Å². The van der Waals surface area contributed by atoms with E-state index in [1.54, 1.807) is 50.2 Å². The number of benzene rings is 4. The third-order valence-corrected chi connectivity index (χ3v) is 7.29. The molecule has 5 N–H and O–H groups in total. The number of para-hydroxylation sites is 2. The number of anilines is 1. The van der Waals surface area contributed by atoms with Gasteiger partial charge in [-0.05, 0) is 61.9 Å². The zero-order chi connectivity index (χ0) is 29.4. The van der Waals surface area contributed by atoms with Crippen molar-refractivity contribution in [2.45, 2.75) is 19.3 Å². The van der Waals surface area contributed by atoms with Crippen molar-refractivity contribution in [3.05, 3.63) is 120 Å². The number of H-pyrrole nitrogens is 2. The molecule has 6 aromatic rings. The van der Waals surface area contributed by atoms with Crippen molar-refractivity contribution < 1.29 is 19.8 Å². The van der Waals surface area contributed by atoms with Gasteiger partial charge in [-0.3, -0.25) is 9.59 Å². The number of aromatic amines is 2. The van der Waals surface area contributed by atoms with Gasteiger partial charge < -0.3 is 25.5 Å². The predicted octanol–water partition coefficient (Wildman–Crippen LogP) is 6.53. The zero-order valence-corrected chi connectivity index (χ0v) is 22.8. The molecule has 0 bridgehead atoms. The van der Waals surface area contributed by atoms with Gasteiger partial charge in [0.1, 0.15) is 0 Å². The van der Waals surface area contributed by atoms with Gasteiger partial charge in [-0.2, -0.15) is 0 Å². The normalized spacial score (nSPS) is 12.1. The number of fused-ring (bicyclic) bond motifs is 2. The lowest BCUT2D eigenvalue weighted by molar-refractivity contribution is -0.142. The lowest BCUT2D eigenvalue weighted by Crippen LogP contribution is -2.28. The molecule has 0 saturated carbocycles. The van der Waals surface area contributed by atoms with E-state index in [4.69, 9.17) is 4.99 Å². The van der Waals surface area contributed by atoms with E-state index in [9.17, 15) is 19.8 Å². The van der Waals surface area contributed by atoms with Crippen LogP contribution in [0, 0.1) is 0 Å². The molecule has 9 heteroatoms. The summed E-state index contributed by atoms with van der Waals surface area (Å²) in [5.74, 6) is -1.18. The van der Waals surface area contributed by atoms with Crippen molar-refractivity contribution in [1.82, 2.24) is 15.0 Å². The van der Waals surface area contributed by atoms with Crippen molar-refractivity contribution in [2.75, 3.05) is 5.32 Å². The van der Waals surface area contributed by atoms with E-state index < -0.39 is 11.4 Å². The summed E-state index contributed by atoms with van der Waals surface area (Å²) in [6, 6.07) is 29.2. The Bertz CT molecular complexity index is 1950. The third-order valence-electron chi connectivity index (χ3n) is 7.29. The average molecular weight is 558 g/mol. The molecule has 0 saturated heterocycles. The standard InChI is InChI=1S/C33H27N5O4/c1-33(2,32(41)42)20-12-14-21(15-13-20)34-28(19-8-4-3-5-9-19)27-23-17-16-22(18-26(23)38-30(27)39)35-31(40)29-36-24-10-6-7-11-25(24)37-29/h3-18,38-39H,1-2H3,(H,35,40)(H,36,37)(H,41,42). The van der Waals surface area contributed by atoms with Crippen molar-refractivity contribution in [2.24, 2.45) is 4.99 Å². The minimum absolute atomic E-state index is 0.0722. The molecule has 6 rings (SSSR count). The summed E-state index contributed by atoms with van der Waals surface area (Å²) in [6.45, 7) is 3.31. The number of carbonyl (C=O) groups excluding carboxylic acids is 1. The SMILES string of the molecule is CC(C)(C(=O)O)c1ccc(N=C(c2ccccc2)c2c(O)[nH]c3cc(NC(=O)c4nc5ccccc5[nH]4)ccc23)cc1. The molecular weight excluding hydrogens is 530 g/mol. The number of carboxylic acid groups (broad SMARTS) is 1. The largest absolute Gasteiger partial charge is 0.494 e. The maximum atomic E-state index is 12.9. The van der Waals surface area contributed by atoms with Crippen LogP contribution in [0.4, 0.5) is 11.4 Å². The predicted molar refractivity (Wildman–Crippen MR) is 163 cm³/mol. The first-order valence-electron chi connectivity index (χ1n) is 13.3. The average Bonchev–Trinajstić information content (AvgIpc) is 3.57. The summed E-state index contributed by atoms with van der Waals surface area (Å²) < 4.78 is 0. The Kier molecular flexibility index (Phi) is 6.54. The lowest BCUT2D eigenvalue weighted by atomic mass is 9.85. The van der Waals surface area contributed by atoms with Gasteiger partial charge >= 0.3 is 5.97 Å². The number of aliphatic carboxylic acids is 1. The first-order valence-corrected chi connectivity index (χ1v) is 13.3.